The number of benzene rings is 1. The molecule has 1 aromatic carbocycles. The van der Waals surface area contributed by atoms with E-state index in [1.54, 1.807) is 0 Å². The molecule has 1 heterocycles. The van der Waals surface area contributed by atoms with E-state index in [1.807, 2.05) is 6.92 Å². The van der Waals surface area contributed by atoms with Gasteiger partial charge in [-0.1, -0.05) is 6.92 Å². The minimum Gasteiger partial charge on any atom is -0.338 e. The molecule has 6 heteroatoms. The molecule has 0 radical (unpaired) electrons. The molecule has 1 saturated heterocycles. The van der Waals surface area contributed by atoms with E-state index in [0.717, 1.165) is 6.42 Å². The summed E-state index contributed by atoms with van der Waals surface area (Å²) < 4.78 is 40.1. The third-order valence-electron chi connectivity index (χ3n) is 3.92. The van der Waals surface area contributed by atoms with Crippen LogP contribution in [0.4, 0.5) is 13.2 Å². The Balaban J connectivity index is 2.24. The number of hydrogen-bond acceptors (Lipinski definition) is 2. The summed E-state index contributed by atoms with van der Waals surface area (Å²) in [5.41, 5.74) is 4.94. The second-order valence-corrected chi connectivity index (χ2v) is 5.26. The predicted molar refractivity (Wildman–Crippen MR) is 68.5 cm³/mol. The predicted octanol–water partition coefficient (Wildman–Crippen LogP) is 2.16. The van der Waals surface area contributed by atoms with Gasteiger partial charge in [0.05, 0.1) is 0 Å². The van der Waals surface area contributed by atoms with Crippen LogP contribution in [-0.2, 0) is 0 Å². The van der Waals surface area contributed by atoms with Crippen LogP contribution in [0, 0.1) is 29.3 Å². The molecule has 0 bridgehead atoms. The minimum atomic E-state index is -1.17. The smallest absolute Gasteiger partial charge is 0.259 e. The molecule has 0 aromatic heterocycles. The van der Waals surface area contributed by atoms with Crippen molar-refractivity contribution in [2.75, 3.05) is 19.6 Å². The normalized spacial score (nSPS) is 22.9. The molecule has 2 N–H and O–H groups in total. The van der Waals surface area contributed by atoms with Gasteiger partial charge in [-0.25, -0.2) is 13.2 Å². The number of nitrogens with two attached hydrogens (primary N) is 1. The zero-order chi connectivity index (χ0) is 14.9. The van der Waals surface area contributed by atoms with Gasteiger partial charge in [-0.3, -0.25) is 4.79 Å². The van der Waals surface area contributed by atoms with Crippen molar-refractivity contribution in [3.8, 4) is 0 Å². The Bertz CT molecular complexity index is 498. The summed E-state index contributed by atoms with van der Waals surface area (Å²) in [6.07, 6.45) is 0.734. The van der Waals surface area contributed by atoms with Crippen LogP contribution in [0.2, 0.25) is 0 Å². The third-order valence-corrected chi connectivity index (χ3v) is 3.92. The second-order valence-electron chi connectivity index (χ2n) is 5.26. The fourth-order valence-corrected chi connectivity index (χ4v) is 2.55. The fraction of sp³-hybridized carbons (Fsp3) is 0.500. The number of carbonyl (C=O) groups is 1. The van der Waals surface area contributed by atoms with Crippen LogP contribution in [0.5, 0.6) is 0 Å². The van der Waals surface area contributed by atoms with Crippen molar-refractivity contribution < 1.29 is 18.0 Å². The highest BCUT2D eigenvalue weighted by atomic mass is 19.1. The lowest BCUT2D eigenvalue weighted by Gasteiger charge is -2.36. The van der Waals surface area contributed by atoms with Gasteiger partial charge in [0, 0.05) is 25.2 Å². The minimum absolute atomic E-state index is 0.110. The first-order valence-electron chi connectivity index (χ1n) is 6.58. The van der Waals surface area contributed by atoms with Crippen molar-refractivity contribution in [1.82, 2.24) is 4.90 Å². The molecule has 1 aromatic rings. The lowest BCUT2D eigenvalue weighted by Crippen LogP contribution is -2.45. The number of halogens is 3. The van der Waals surface area contributed by atoms with Crippen molar-refractivity contribution in [2.45, 2.75) is 13.3 Å². The first kappa shape index (κ1) is 14.8. The standard InChI is InChI=1S/C14H17F3N2O/c1-8-2-3-19(7-9(8)6-18)14(20)13-11(16)4-10(15)5-12(13)17/h4-5,8-9H,2-3,6-7,18H2,1H3. The van der Waals surface area contributed by atoms with Gasteiger partial charge in [0.1, 0.15) is 23.0 Å². The van der Waals surface area contributed by atoms with E-state index in [2.05, 4.69) is 0 Å². The Labute approximate surface area is 115 Å². The number of amides is 1. The van der Waals surface area contributed by atoms with Crippen molar-refractivity contribution in [3.63, 3.8) is 0 Å². The van der Waals surface area contributed by atoms with Crippen molar-refractivity contribution in [3.05, 3.63) is 35.1 Å². The van der Waals surface area contributed by atoms with E-state index < -0.39 is 28.9 Å². The molecule has 0 saturated carbocycles. The van der Waals surface area contributed by atoms with Crippen LogP contribution in [0.3, 0.4) is 0 Å². The van der Waals surface area contributed by atoms with E-state index in [-0.39, 0.29) is 5.92 Å². The first-order chi connectivity index (χ1) is 9.43. The van der Waals surface area contributed by atoms with E-state index in [4.69, 9.17) is 5.73 Å². The number of nitrogens with zero attached hydrogens (tertiary/aromatic N) is 1. The number of carbonyl (C=O) groups excluding carboxylic acids is 1. The number of likely N-dealkylation sites (tertiary alicyclic amines) is 1. The summed E-state index contributed by atoms with van der Waals surface area (Å²) in [6, 6.07) is 1.03. The van der Waals surface area contributed by atoms with Gasteiger partial charge in [0.15, 0.2) is 0 Å². The molecule has 20 heavy (non-hydrogen) atoms. The van der Waals surface area contributed by atoms with Gasteiger partial charge < -0.3 is 10.6 Å². The van der Waals surface area contributed by atoms with E-state index in [1.165, 1.54) is 4.90 Å². The van der Waals surface area contributed by atoms with Gasteiger partial charge in [-0.05, 0) is 24.8 Å². The summed E-state index contributed by atoms with van der Waals surface area (Å²) in [6.45, 7) is 3.25. The molecule has 110 valence electrons. The molecule has 0 spiro atoms. The summed E-state index contributed by atoms with van der Waals surface area (Å²) >= 11 is 0. The monoisotopic (exact) mass is 286 g/mol. The largest absolute Gasteiger partial charge is 0.338 e. The van der Waals surface area contributed by atoms with Crippen LogP contribution < -0.4 is 5.73 Å². The highest BCUT2D eigenvalue weighted by molar-refractivity contribution is 5.94. The number of piperidine rings is 1. The van der Waals surface area contributed by atoms with Gasteiger partial charge >= 0.3 is 0 Å². The Hall–Kier alpha value is -1.56. The summed E-state index contributed by atoms with van der Waals surface area (Å²) in [5, 5.41) is 0. The quantitative estimate of drug-likeness (QED) is 0.905. The van der Waals surface area contributed by atoms with Gasteiger partial charge in [-0.2, -0.15) is 0 Å². The average Bonchev–Trinajstić information content (AvgIpc) is 2.37. The fourth-order valence-electron chi connectivity index (χ4n) is 2.55. The van der Waals surface area contributed by atoms with Crippen LogP contribution in [0.15, 0.2) is 12.1 Å². The average molecular weight is 286 g/mol. The topological polar surface area (TPSA) is 46.3 Å². The Kier molecular flexibility index (Phi) is 4.32. The zero-order valence-corrected chi connectivity index (χ0v) is 11.2. The van der Waals surface area contributed by atoms with Crippen LogP contribution in [0.25, 0.3) is 0 Å². The van der Waals surface area contributed by atoms with Gasteiger partial charge in [0.25, 0.3) is 5.91 Å². The van der Waals surface area contributed by atoms with E-state index >= 15 is 0 Å². The molecule has 1 amide bonds. The van der Waals surface area contributed by atoms with E-state index in [9.17, 15) is 18.0 Å². The van der Waals surface area contributed by atoms with Crippen molar-refractivity contribution in [1.29, 1.82) is 0 Å². The summed E-state index contributed by atoms with van der Waals surface area (Å²) in [5.74, 6) is -3.65. The van der Waals surface area contributed by atoms with Crippen LogP contribution in [0.1, 0.15) is 23.7 Å². The van der Waals surface area contributed by atoms with Gasteiger partial charge in [0.2, 0.25) is 0 Å². The Morgan fingerprint density at radius 3 is 2.50 bits per heavy atom. The number of rotatable bonds is 2. The molecular formula is C14H17F3N2O. The maximum atomic E-state index is 13.6. The number of hydrogen-bond donors (Lipinski definition) is 1. The third kappa shape index (κ3) is 2.80. The molecule has 1 aliphatic heterocycles. The van der Waals surface area contributed by atoms with Crippen molar-refractivity contribution >= 4 is 5.91 Å². The molecular weight excluding hydrogens is 269 g/mol. The molecule has 1 fully saturated rings. The second kappa shape index (κ2) is 5.83. The molecule has 2 rings (SSSR count). The highest BCUT2D eigenvalue weighted by Crippen LogP contribution is 2.25. The van der Waals surface area contributed by atoms with E-state index in [0.29, 0.717) is 37.7 Å². The highest BCUT2D eigenvalue weighted by Gasteiger charge is 2.31. The van der Waals surface area contributed by atoms with Crippen LogP contribution >= 0.6 is 0 Å². The molecule has 1 aliphatic rings. The SMILES string of the molecule is CC1CCN(C(=O)c2c(F)cc(F)cc2F)CC1CN. The maximum Gasteiger partial charge on any atom is 0.259 e. The molecule has 2 atom stereocenters. The summed E-state index contributed by atoms with van der Waals surface area (Å²) in [4.78, 5) is 13.6. The molecule has 0 aliphatic carbocycles. The van der Waals surface area contributed by atoms with Gasteiger partial charge in [-0.15, -0.1) is 0 Å². The molecule has 2 unspecified atom stereocenters. The Morgan fingerprint density at radius 1 is 1.35 bits per heavy atom. The lowest BCUT2D eigenvalue weighted by molar-refractivity contribution is 0.0608. The maximum absolute atomic E-state index is 13.6. The first-order valence-corrected chi connectivity index (χ1v) is 6.58. The zero-order valence-electron chi connectivity index (χ0n) is 11.2. The lowest BCUT2D eigenvalue weighted by atomic mass is 9.87. The Morgan fingerprint density at radius 2 is 1.95 bits per heavy atom. The van der Waals surface area contributed by atoms with Crippen LogP contribution in [-0.4, -0.2) is 30.4 Å². The summed E-state index contributed by atoms with van der Waals surface area (Å²) in [7, 11) is 0. The molecule has 3 nitrogen and oxygen atoms in total. The van der Waals surface area contributed by atoms with Crippen molar-refractivity contribution in [2.24, 2.45) is 17.6 Å².